The zero-order valence-corrected chi connectivity index (χ0v) is 17.2. The van der Waals surface area contributed by atoms with Gasteiger partial charge in [0.1, 0.15) is 21.2 Å². The van der Waals surface area contributed by atoms with Gasteiger partial charge in [-0.05, 0) is 73.7 Å². The smallest absolute Gasteiger partial charge is 0.267 e. The number of anilines is 2. The van der Waals surface area contributed by atoms with E-state index < -0.39 is 0 Å². The summed E-state index contributed by atoms with van der Waals surface area (Å²) in [4.78, 5) is 19.0. The molecule has 0 aliphatic heterocycles. The summed E-state index contributed by atoms with van der Waals surface area (Å²) in [5.74, 6) is 1.25. The fraction of sp³-hybridized carbons (Fsp3) is 0.167. The first-order valence-corrected chi connectivity index (χ1v) is 10.8. The zero-order chi connectivity index (χ0) is 20.5. The van der Waals surface area contributed by atoms with Crippen LogP contribution in [0.1, 0.15) is 33.8 Å². The van der Waals surface area contributed by atoms with Gasteiger partial charge in [-0.2, -0.15) is 0 Å². The summed E-state index contributed by atoms with van der Waals surface area (Å²) in [6.45, 7) is 0. The highest BCUT2D eigenvalue weighted by atomic mass is 32.1. The number of nitrogen functional groups attached to an aromatic ring is 1. The zero-order valence-electron chi connectivity index (χ0n) is 16.4. The standard InChI is InChI=1S/C24H21N3O2S/c25-21-19-14-15-6-4-5-9-20(15)27-24(19)30-22(21)23(28)26-16-10-12-18(13-11-16)29-17-7-2-1-3-8-17/h1-3,7-8,10-14H,4-6,9,25H2,(H,26,28). The molecule has 0 spiro atoms. The van der Waals surface area contributed by atoms with Crippen LogP contribution in [0.4, 0.5) is 11.4 Å². The molecule has 2 aromatic carbocycles. The van der Waals surface area contributed by atoms with Crippen LogP contribution < -0.4 is 15.8 Å². The van der Waals surface area contributed by atoms with Crippen molar-refractivity contribution in [1.29, 1.82) is 0 Å². The number of hydrogen-bond donors (Lipinski definition) is 2. The van der Waals surface area contributed by atoms with Gasteiger partial charge in [0.05, 0.1) is 5.69 Å². The van der Waals surface area contributed by atoms with Crippen LogP contribution in [0, 0.1) is 0 Å². The van der Waals surface area contributed by atoms with Gasteiger partial charge < -0.3 is 15.8 Å². The van der Waals surface area contributed by atoms with Gasteiger partial charge in [-0.25, -0.2) is 4.98 Å². The molecule has 1 amide bonds. The van der Waals surface area contributed by atoms with Crippen molar-refractivity contribution in [3.63, 3.8) is 0 Å². The molecule has 0 saturated heterocycles. The molecular weight excluding hydrogens is 394 g/mol. The molecule has 150 valence electrons. The molecule has 0 atom stereocenters. The van der Waals surface area contributed by atoms with Crippen LogP contribution in [0.3, 0.4) is 0 Å². The maximum atomic E-state index is 12.9. The molecular formula is C24H21N3O2S. The molecule has 1 aliphatic rings. The van der Waals surface area contributed by atoms with Crippen molar-refractivity contribution < 1.29 is 9.53 Å². The van der Waals surface area contributed by atoms with Crippen molar-refractivity contribution in [3.05, 3.63) is 76.8 Å². The van der Waals surface area contributed by atoms with Gasteiger partial charge in [0.2, 0.25) is 0 Å². The number of pyridine rings is 1. The Labute approximate surface area is 178 Å². The van der Waals surface area contributed by atoms with E-state index in [4.69, 9.17) is 15.5 Å². The van der Waals surface area contributed by atoms with Crippen LogP contribution in [0.25, 0.3) is 10.2 Å². The van der Waals surface area contributed by atoms with Crippen LogP contribution in [-0.2, 0) is 12.8 Å². The number of para-hydroxylation sites is 1. The minimum Gasteiger partial charge on any atom is -0.457 e. The highest BCUT2D eigenvalue weighted by Gasteiger charge is 2.20. The summed E-state index contributed by atoms with van der Waals surface area (Å²) in [6.07, 6.45) is 4.39. The third-order valence-corrected chi connectivity index (χ3v) is 6.41. The molecule has 0 unspecified atom stereocenters. The monoisotopic (exact) mass is 415 g/mol. The summed E-state index contributed by atoms with van der Waals surface area (Å²) >= 11 is 1.36. The number of aromatic nitrogens is 1. The summed E-state index contributed by atoms with van der Waals surface area (Å²) < 4.78 is 5.79. The molecule has 5 rings (SSSR count). The van der Waals surface area contributed by atoms with Gasteiger partial charge in [0.15, 0.2) is 0 Å². The van der Waals surface area contributed by atoms with Gasteiger partial charge in [-0.3, -0.25) is 4.79 Å². The number of amides is 1. The normalized spacial score (nSPS) is 13.1. The van der Waals surface area contributed by atoms with Crippen molar-refractivity contribution in [1.82, 2.24) is 4.98 Å². The number of carbonyl (C=O) groups is 1. The second-order valence-corrected chi connectivity index (χ2v) is 8.39. The van der Waals surface area contributed by atoms with E-state index in [1.165, 1.54) is 29.7 Å². The summed E-state index contributed by atoms with van der Waals surface area (Å²) in [6, 6.07) is 19.0. The van der Waals surface area contributed by atoms with Crippen LogP contribution in [0.2, 0.25) is 0 Å². The van der Waals surface area contributed by atoms with E-state index in [2.05, 4.69) is 11.4 Å². The average molecular weight is 416 g/mol. The number of aryl methyl sites for hydroxylation is 2. The molecule has 5 nitrogen and oxygen atoms in total. The minimum absolute atomic E-state index is 0.217. The maximum absolute atomic E-state index is 12.9. The Hall–Kier alpha value is -3.38. The highest BCUT2D eigenvalue weighted by molar-refractivity contribution is 7.21. The van der Waals surface area contributed by atoms with Crippen LogP contribution in [0.5, 0.6) is 11.5 Å². The third-order valence-electron chi connectivity index (χ3n) is 5.30. The molecule has 3 N–H and O–H groups in total. The number of nitrogens with two attached hydrogens (primary N) is 1. The maximum Gasteiger partial charge on any atom is 0.267 e. The fourth-order valence-corrected chi connectivity index (χ4v) is 4.74. The predicted molar refractivity (Wildman–Crippen MR) is 122 cm³/mol. The number of ether oxygens (including phenoxy) is 1. The number of nitrogens with zero attached hydrogens (tertiary/aromatic N) is 1. The number of fused-ring (bicyclic) bond motifs is 2. The van der Waals surface area contributed by atoms with Crippen LogP contribution in [-0.4, -0.2) is 10.9 Å². The number of rotatable bonds is 4. The van der Waals surface area contributed by atoms with Gasteiger partial charge in [0, 0.05) is 16.8 Å². The van der Waals surface area contributed by atoms with E-state index in [-0.39, 0.29) is 5.91 Å². The topological polar surface area (TPSA) is 77.2 Å². The quantitative estimate of drug-likeness (QED) is 0.441. The van der Waals surface area contributed by atoms with E-state index >= 15 is 0 Å². The number of benzene rings is 2. The molecule has 1 aliphatic carbocycles. The first-order chi connectivity index (χ1) is 14.7. The Balaban J connectivity index is 1.35. The predicted octanol–water partition coefficient (Wildman–Crippen LogP) is 5.80. The van der Waals surface area contributed by atoms with E-state index in [0.29, 0.717) is 22.0 Å². The Morgan fingerprint density at radius 2 is 1.73 bits per heavy atom. The molecule has 0 saturated carbocycles. The summed E-state index contributed by atoms with van der Waals surface area (Å²) in [7, 11) is 0. The lowest BCUT2D eigenvalue weighted by atomic mass is 9.95. The Morgan fingerprint density at radius 3 is 2.53 bits per heavy atom. The number of hydrogen-bond acceptors (Lipinski definition) is 5. The number of thiophene rings is 1. The van der Waals surface area contributed by atoms with Crippen molar-refractivity contribution in [2.75, 3.05) is 11.1 Å². The van der Waals surface area contributed by atoms with E-state index in [1.54, 1.807) is 0 Å². The highest BCUT2D eigenvalue weighted by Crippen LogP contribution is 2.36. The van der Waals surface area contributed by atoms with Crippen LogP contribution in [0.15, 0.2) is 60.7 Å². The van der Waals surface area contributed by atoms with Crippen molar-refractivity contribution in [2.24, 2.45) is 0 Å². The lowest BCUT2D eigenvalue weighted by Crippen LogP contribution is -2.11. The molecule has 2 aromatic heterocycles. The average Bonchev–Trinajstić information content (AvgIpc) is 3.10. The van der Waals surface area contributed by atoms with Gasteiger partial charge in [-0.1, -0.05) is 18.2 Å². The Morgan fingerprint density at radius 1 is 1.00 bits per heavy atom. The fourth-order valence-electron chi connectivity index (χ4n) is 3.75. The largest absolute Gasteiger partial charge is 0.457 e. The first-order valence-electron chi connectivity index (χ1n) is 10.0. The van der Waals surface area contributed by atoms with Gasteiger partial charge in [0.25, 0.3) is 5.91 Å². The van der Waals surface area contributed by atoms with E-state index in [1.807, 2.05) is 54.6 Å². The van der Waals surface area contributed by atoms with Gasteiger partial charge in [-0.15, -0.1) is 11.3 Å². The lowest BCUT2D eigenvalue weighted by molar-refractivity contribution is 0.103. The molecule has 6 heteroatoms. The molecule has 0 fully saturated rings. The third kappa shape index (κ3) is 3.62. The number of nitrogens with one attached hydrogen (secondary N) is 1. The minimum atomic E-state index is -0.217. The van der Waals surface area contributed by atoms with Crippen molar-refractivity contribution >= 4 is 38.8 Å². The Bertz CT molecular complexity index is 1220. The van der Waals surface area contributed by atoms with Crippen molar-refractivity contribution in [2.45, 2.75) is 25.7 Å². The van der Waals surface area contributed by atoms with E-state index in [9.17, 15) is 4.79 Å². The second kappa shape index (κ2) is 7.80. The van der Waals surface area contributed by atoms with E-state index in [0.717, 1.165) is 34.5 Å². The first kappa shape index (κ1) is 18.6. The number of carbonyl (C=O) groups excluding carboxylic acids is 1. The SMILES string of the molecule is Nc1c(C(=O)Nc2ccc(Oc3ccccc3)cc2)sc2nc3c(cc12)CCCC3. The molecule has 4 aromatic rings. The Kier molecular flexibility index (Phi) is 4.85. The summed E-state index contributed by atoms with van der Waals surface area (Å²) in [5, 5.41) is 3.82. The molecule has 2 heterocycles. The van der Waals surface area contributed by atoms with Crippen LogP contribution >= 0.6 is 11.3 Å². The molecule has 30 heavy (non-hydrogen) atoms. The molecule has 0 bridgehead atoms. The lowest BCUT2D eigenvalue weighted by Gasteiger charge is -2.14. The molecule has 0 radical (unpaired) electrons. The second-order valence-electron chi connectivity index (χ2n) is 7.39. The summed E-state index contributed by atoms with van der Waals surface area (Å²) in [5.41, 5.74) is 9.93. The van der Waals surface area contributed by atoms with Crippen molar-refractivity contribution in [3.8, 4) is 11.5 Å². The van der Waals surface area contributed by atoms with Gasteiger partial charge >= 0.3 is 0 Å².